The molecule has 30 valence electrons. The van der Waals surface area contributed by atoms with Gasteiger partial charge in [-0.3, -0.25) is 4.79 Å². The monoisotopic (exact) mass is 112 g/mol. The first kappa shape index (κ1) is 10.1. The fourth-order valence-electron chi connectivity index (χ4n) is 0. The average Bonchev–Trinajstić information content (AvgIpc) is 1.38. The number of hydrogen-bond donors (Lipinski definition) is 1. The van der Waals surface area contributed by atoms with Gasteiger partial charge in [-0.25, -0.2) is 0 Å². The quantitative estimate of drug-likeness (QED) is 0.229. The van der Waals surface area contributed by atoms with Crippen LogP contribution < -0.4 is 29.6 Å². The van der Waals surface area contributed by atoms with Crippen LogP contribution in [-0.4, -0.2) is 5.12 Å². The number of carbonyl (C=O) groups is 1. The number of carbonyl (C=O) groups excluding carboxylic acids is 1. The number of hydrogen-bond acceptors (Lipinski definition) is 1. The maximum absolute atomic E-state index is 9.61. The van der Waals surface area contributed by atoms with E-state index < -0.39 is 0 Å². The maximum Gasteiger partial charge on any atom is 1.00 e. The molecule has 0 aliphatic heterocycles. The second-order valence-electron chi connectivity index (χ2n) is 0.644. The summed E-state index contributed by atoms with van der Waals surface area (Å²) in [5.74, 6) is 0. The van der Waals surface area contributed by atoms with Gasteiger partial charge in [0.1, 0.15) is 0 Å². The van der Waals surface area contributed by atoms with Crippen LogP contribution in [0.15, 0.2) is 0 Å². The van der Waals surface area contributed by atoms with Gasteiger partial charge >= 0.3 is 29.6 Å². The normalized spacial score (nSPS) is 6.33. The molecule has 0 aliphatic rings. The predicted octanol–water partition coefficient (Wildman–Crippen LogP) is -2.33. The molecule has 0 saturated heterocycles. The van der Waals surface area contributed by atoms with E-state index in [4.69, 9.17) is 0 Å². The molecular weight excluding hydrogens is 107 g/mol. The van der Waals surface area contributed by atoms with E-state index in [9.17, 15) is 4.79 Å². The van der Waals surface area contributed by atoms with E-state index in [1.807, 2.05) is 0 Å². The smallest absolute Gasteiger partial charge is 0.335 e. The van der Waals surface area contributed by atoms with Crippen molar-refractivity contribution >= 4 is 17.7 Å². The van der Waals surface area contributed by atoms with Crippen molar-refractivity contribution in [1.29, 1.82) is 0 Å². The molecule has 3 heteroatoms. The maximum atomic E-state index is 9.61. The standard InChI is InChI=1S/C3H5OS.Na/c1-2-3(4)5;/h1-2H2,(H,4,5);/q-1;+1. The Bertz CT molecular complexity index is 46.1. The van der Waals surface area contributed by atoms with Gasteiger partial charge in [0.15, 0.2) is 5.12 Å². The van der Waals surface area contributed by atoms with Gasteiger partial charge in [0, 0.05) is 0 Å². The van der Waals surface area contributed by atoms with Crippen LogP contribution in [0.4, 0.5) is 0 Å². The summed E-state index contributed by atoms with van der Waals surface area (Å²) in [7, 11) is 0. The fraction of sp³-hybridized carbons (Fsp3) is 0.333. The summed E-state index contributed by atoms with van der Waals surface area (Å²) in [5, 5.41) is -0.162. The molecule has 0 heterocycles. The largest absolute Gasteiger partial charge is 1.00 e. The second-order valence-corrected chi connectivity index (χ2v) is 1.14. The van der Waals surface area contributed by atoms with E-state index in [1.165, 1.54) is 0 Å². The SMILES string of the molecule is [CH2-]CC(=O)S.[Na+]. The zero-order chi connectivity index (χ0) is 4.28. The molecule has 0 atom stereocenters. The van der Waals surface area contributed by atoms with Gasteiger partial charge < -0.3 is 6.92 Å². The molecule has 1 nitrogen and oxygen atoms in total. The van der Waals surface area contributed by atoms with Crippen molar-refractivity contribution in [2.75, 3.05) is 0 Å². The van der Waals surface area contributed by atoms with Gasteiger partial charge in [-0.15, -0.1) is 19.0 Å². The van der Waals surface area contributed by atoms with Crippen LogP contribution in [0.1, 0.15) is 6.42 Å². The summed E-state index contributed by atoms with van der Waals surface area (Å²) in [6.07, 6.45) is 0.281. The van der Waals surface area contributed by atoms with E-state index in [0.29, 0.717) is 0 Å². The molecule has 0 N–H and O–H groups in total. The third kappa shape index (κ3) is 8.89. The number of rotatable bonds is 1. The molecule has 0 bridgehead atoms. The van der Waals surface area contributed by atoms with Crippen LogP contribution in [0, 0.1) is 6.92 Å². The third-order valence-electron chi connectivity index (χ3n) is 0.214. The Balaban J connectivity index is 0. The Labute approximate surface area is 65.2 Å². The zero-order valence-electron chi connectivity index (χ0n) is 3.77. The van der Waals surface area contributed by atoms with E-state index >= 15 is 0 Å². The van der Waals surface area contributed by atoms with Crippen molar-refractivity contribution in [3.63, 3.8) is 0 Å². The molecule has 0 spiro atoms. The van der Waals surface area contributed by atoms with Crippen molar-refractivity contribution in [2.24, 2.45) is 0 Å². The topological polar surface area (TPSA) is 17.1 Å². The number of thiol groups is 1. The zero-order valence-corrected chi connectivity index (χ0v) is 6.66. The molecule has 0 radical (unpaired) electrons. The van der Waals surface area contributed by atoms with Crippen molar-refractivity contribution in [3.8, 4) is 0 Å². The molecule has 0 rings (SSSR count). The van der Waals surface area contributed by atoms with Gasteiger partial charge in [0.05, 0.1) is 0 Å². The fourth-order valence-corrected chi connectivity index (χ4v) is 0. The minimum absolute atomic E-state index is 0. The molecule has 0 fully saturated rings. The summed E-state index contributed by atoms with van der Waals surface area (Å²) < 4.78 is 0. The van der Waals surface area contributed by atoms with Crippen LogP contribution in [-0.2, 0) is 4.79 Å². The molecule has 0 saturated carbocycles. The second kappa shape index (κ2) is 6.02. The van der Waals surface area contributed by atoms with E-state index in [0.717, 1.165) is 0 Å². The van der Waals surface area contributed by atoms with Crippen molar-refractivity contribution < 1.29 is 34.4 Å². The molecule has 6 heavy (non-hydrogen) atoms. The van der Waals surface area contributed by atoms with Crippen LogP contribution in [0.5, 0.6) is 0 Å². The van der Waals surface area contributed by atoms with Crippen molar-refractivity contribution in [1.82, 2.24) is 0 Å². The summed E-state index contributed by atoms with van der Waals surface area (Å²) in [6, 6.07) is 0. The van der Waals surface area contributed by atoms with E-state index in [2.05, 4.69) is 19.6 Å². The summed E-state index contributed by atoms with van der Waals surface area (Å²) >= 11 is 3.40. The Hall–Kier alpha value is 1.02. The molecule has 0 aliphatic carbocycles. The first-order valence-corrected chi connectivity index (χ1v) is 1.73. The molecule has 0 aromatic heterocycles. The third-order valence-corrected chi connectivity index (χ3v) is 0.437. The Morgan fingerprint density at radius 2 is 2.00 bits per heavy atom. The molecular formula is C3H5NaOS. The first-order valence-electron chi connectivity index (χ1n) is 1.28. The summed E-state index contributed by atoms with van der Waals surface area (Å²) in [5.41, 5.74) is 0. The van der Waals surface area contributed by atoms with Crippen LogP contribution >= 0.6 is 12.6 Å². The van der Waals surface area contributed by atoms with Gasteiger partial charge in [-0.1, -0.05) is 0 Å². The van der Waals surface area contributed by atoms with Gasteiger partial charge in [-0.2, -0.15) is 0 Å². The van der Waals surface area contributed by atoms with E-state index in [1.54, 1.807) is 0 Å². The molecule has 0 amide bonds. The van der Waals surface area contributed by atoms with Gasteiger partial charge in [0.25, 0.3) is 0 Å². The van der Waals surface area contributed by atoms with Crippen LogP contribution in [0.2, 0.25) is 0 Å². The van der Waals surface area contributed by atoms with Gasteiger partial charge in [-0.05, 0) is 0 Å². The van der Waals surface area contributed by atoms with E-state index in [-0.39, 0.29) is 41.1 Å². The van der Waals surface area contributed by atoms with Crippen LogP contribution in [0.3, 0.4) is 0 Å². The first-order chi connectivity index (χ1) is 2.27. The van der Waals surface area contributed by atoms with Gasteiger partial charge in [0.2, 0.25) is 0 Å². The molecule has 0 aromatic carbocycles. The molecule has 0 unspecified atom stereocenters. The minimum atomic E-state index is -0.162. The minimum Gasteiger partial charge on any atom is -0.335 e. The molecule has 0 aromatic rings. The van der Waals surface area contributed by atoms with Crippen molar-refractivity contribution in [2.45, 2.75) is 6.42 Å². The Morgan fingerprint density at radius 1 is 1.83 bits per heavy atom. The Kier molecular flexibility index (Phi) is 10.1. The summed E-state index contributed by atoms with van der Waals surface area (Å²) in [6.45, 7) is 3.26. The summed E-state index contributed by atoms with van der Waals surface area (Å²) in [4.78, 5) is 9.61. The Morgan fingerprint density at radius 3 is 2.00 bits per heavy atom. The predicted molar refractivity (Wildman–Crippen MR) is 24.0 cm³/mol. The average molecular weight is 112 g/mol. The van der Waals surface area contributed by atoms with Crippen LogP contribution in [0.25, 0.3) is 0 Å². The van der Waals surface area contributed by atoms with Crippen molar-refractivity contribution in [3.05, 3.63) is 6.92 Å².